The number of rotatable bonds is 4. The molecular formula is C15H19N3O. The minimum absolute atomic E-state index is 0.0850. The van der Waals surface area contributed by atoms with Crippen molar-refractivity contribution in [3.05, 3.63) is 47.8 Å². The second-order valence-electron chi connectivity index (χ2n) is 5.02. The van der Waals surface area contributed by atoms with Crippen molar-refractivity contribution in [2.45, 2.75) is 20.8 Å². The van der Waals surface area contributed by atoms with Gasteiger partial charge in [0, 0.05) is 6.54 Å². The highest BCUT2D eigenvalue weighted by atomic mass is 16.2. The first-order valence-electron chi connectivity index (χ1n) is 6.48. The number of hydrogen-bond acceptors (Lipinski definition) is 2. The number of aryl methyl sites for hydroxylation is 1. The van der Waals surface area contributed by atoms with Crippen LogP contribution in [0, 0.1) is 12.8 Å². The molecular weight excluding hydrogens is 238 g/mol. The van der Waals surface area contributed by atoms with E-state index in [-0.39, 0.29) is 5.91 Å². The molecule has 4 heteroatoms. The summed E-state index contributed by atoms with van der Waals surface area (Å²) in [7, 11) is 0. The van der Waals surface area contributed by atoms with E-state index in [4.69, 9.17) is 0 Å². The first kappa shape index (κ1) is 13.3. The zero-order valence-electron chi connectivity index (χ0n) is 11.6. The normalized spacial score (nSPS) is 10.7. The van der Waals surface area contributed by atoms with Crippen molar-refractivity contribution in [3.8, 4) is 5.69 Å². The predicted molar refractivity (Wildman–Crippen MR) is 75.5 cm³/mol. The minimum atomic E-state index is -0.0850. The molecule has 0 unspecified atom stereocenters. The van der Waals surface area contributed by atoms with Crippen LogP contribution in [0.2, 0.25) is 0 Å². The van der Waals surface area contributed by atoms with Gasteiger partial charge < -0.3 is 5.32 Å². The number of aromatic nitrogens is 2. The minimum Gasteiger partial charge on any atom is -0.350 e. The highest BCUT2D eigenvalue weighted by molar-refractivity contribution is 5.93. The Hall–Kier alpha value is -2.10. The Morgan fingerprint density at radius 2 is 2.00 bits per heavy atom. The largest absolute Gasteiger partial charge is 0.350 e. The summed E-state index contributed by atoms with van der Waals surface area (Å²) >= 11 is 0. The van der Waals surface area contributed by atoms with Crippen molar-refractivity contribution in [1.82, 2.24) is 15.1 Å². The summed E-state index contributed by atoms with van der Waals surface area (Å²) in [4.78, 5) is 12.2. The number of para-hydroxylation sites is 1. The molecule has 100 valence electrons. The van der Waals surface area contributed by atoms with Crippen molar-refractivity contribution in [3.63, 3.8) is 0 Å². The highest BCUT2D eigenvalue weighted by Crippen LogP contribution is 2.12. The number of amides is 1. The number of carbonyl (C=O) groups is 1. The van der Waals surface area contributed by atoms with Crippen LogP contribution in [0.5, 0.6) is 0 Å². The van der Waals surface area contributed by atoms with E-state index >= 15 is 0 Å². The molecule has 19 heavy (non-hydrogen) atoms. The van der Waals surface area contributed by atoms with E-state index in [9.17, 15) is 4.79 Å². The lowest BCUT2D eigenvalue weighted by Crippen LogP contribution is -2.29. The Morgan fingerprint density at radius 3 is 2.63 bits per heavy atom. The standard InChI is InChI=1S/C15H19N3O/c1-11(2)10-16-15(19)14-9-12(3)17-18(14)13-7-5-4-6-8-13/h4-9,11H,10H2,1-3H3,(H,16,19). The van der Waals surface area contributed by atoms with Crippen LogP contribution < -0.4 is 5.32 Å². The lowest BCUT2D eigenvalue weighted by Gasteiger charge is -2.09. The van der Waals surface area contributed by atoms with E-state index in [0.29, 0.717) is 18.2 Å². The van der Waals surface area contributed by atoms with Crippen molar-refractivity contribution in [1.29, 1.82) is 0 Å². The predicted octanol–water partition coefficient (Wildman–Crippen LogP) is 2.57. The topological polar surface area (TPSA) is 46.9 Å². The van der Waals surface area contributed by atoms with Gasteiger partial charge >= 0.3 is 0 Å². The van der Waals surface area contributed by atoms with Gasteiger partial charge in [-0.3, -0.25) is 4.79 Å². The summed E-state index contributed by atoms with van der Waals surface area (Å²) in [6.07, 6.45) is 0. The Balaban J connectivity index is 2.29. The van der Waals surface area contributed by atoms with Crippen LogP contribution in [0.4, 0.5) is 0 Å². The monoisotopic (exact) mass is 257 g/mol. The lowest BCUT2D eigenvalue weighted by molar-refractivity contribution is 0.0941. The molecule has 4 nitrogen and oxygen atoms in total. The third-order valence-electron chi connectivity index (χ3n) is 2.74. The SMILES string of the molecule is Cc1cc(C(=O)NCC(C)C)n(-c2ccccc2)n1. The molecule has 2 aromatic rings. The number of hydrogen-bond donors (Lipinski definition) is 1. The number of benzene rings is 1. The molecule has 1 aromatic heterocycles. The molecule has 0 spiro atoms. The molecule has 0 saturated carbocycles. The van der Waals surface area contributed by atoms with Gasteiger partial charge in [0.25, 0.3) is 5.91 Å². The van der Waals surface area contributed by atoms with E-state index in [1.807, 2.05) is 43.3 Å². The average molecular weight is 257 g/mol. The van der Waals surface area contributed by atoms with Crippen LogP contribution in [-0.4, -0.2) is 22.2 Å². The molecule has 1 aromatic carbocycles. The van der Waals surface area contributed by atoms with Crippen LogP contribution in [0.25, 0.3) is 5.69 Å². The number of nitrogens with zero attached hydrogens (tertiary/aromatic N) is 2. The highest BCUT2D eigenvalue weighted by Gasteiger charge is 2.15. The Morgan fingerprint density at radius 1 is 1.32 bits per heavy atom. The van der Waals surface area contributed by atoms with Crippen LogP contribution in [0.15, 0.2) is 36.4 Å². The molecule has 1 amide bonds. The van der Waals surface area contributed by atoms with E-state index in [1.165, 1.54) is 0 Å². The molecule has 1 N–H and O–H groups in total. The van der Waals surface area contributed by atoms with Crippen molar-refractivity contribution in [2.24, 2.45) is 5.92 Å². The molecule has 0 aliphatic rings. The second-order valence-corrected chi connectivity index (χ2v) is 5.02. The third kappa shape index (κ3) is 3.22. The molecule has 2 rings (SSSR count). The van der Waals surface area contributed by atoms with Crippen LogP contribution >= 0.6 is 0 Å². The molecule has 0 saturated heterocycles. The number of nitrogens with one attached hydrogen (secondary N) is 1. The molecule has 0 bridgehead atoms. The smallest absolute Gasteiger partial charge is 0.270 e. The zero-order chi connectivity index (χ0) is 13.8. The molecule has 0 aliphatic carbocycles. The fourth-order valence-corrected chi connectivity index (χ4v) is 1.81. The van der Waals surface area contributed by atoms with Gasteiger partial charge in [-0.15, -0.1) is 0 Å². The van der Waals surface area contributed by atoms with Crippen molar-refractivity contribution in [2.75, 3.05) is 6.54 Å². The Kier molecular flexibility index (Phi) is 4.00. The Bertz CT molecular complexity index is 558. The van der Waals surface area contributed by atoms with Crippen molar-refractivity contribution < 1.29 is 4.79 Å². The van der Waals surface area contributed by atoms with Crippen molar-refractivity contribution >= 4 is 5.91 Å². The molecule has 1 heterocycles. The fourth-order valence-electron chi connectivity index (χ4n) is 1.81. The van der Waals surface area contributed by atoms with Crippen LogP contribution in [-0.2, 0) is 0 Å². The maximum absolute atomic E-state index is 12.2. The van der Waals surface area contributed by atoms with Crippen LogP contribution in [0.1, 0.15) is 30.0 Å². The summed E-state index contributed by atoms with van der Waals surface area (Å²) in [5.41, 5.74) is 2.30. The summed E-state index contributed by atoms with van der Waals surface area (Å²) in [6, 6.07) is 11.5. The molecule has 0 radical (unpaired) electrons. The van der Waals surface area contributed by atoms with E-state index in [1.54, 1.807) is 4.68 Å². The van der Waals surface area contributed by atoms with Gasteiger partial charge in [0.05, 0.1) is 11.4 Å². The maximum atomic E-state index is 12.2. The van der Waals surface area contributed by atoms with Gasteiger partial charge in [0.15, 0.2) is 0 Å². The summed E-state index contributed by atoms with van der Waals surface area (Å²) < 4.78 is 1.69. The first-order chi connectivity index (χ1) is 9.08. The van der Waals surface area contributed by atoms with Gasteiger partial charge in [-0.2, -0.15) is 5.10 Å². The lowest BCUT2D eigenvalue weighted by atomic mass is 10.2. The molecule has 0 aliphatic heterocycles. The molecule has 0 fully saturated rings. The summed E-state index contributed by atoms with van der Waals surface area (Å²) in [5.74, 6) is 0.344. The third-order valence-corrected chi connectivity index (χ3v) is 2.74. The molecule has 0 atom stereocenters. The van der Waals surface area contributed by atoms with Gasteiger partial charge in [-0.05, 0) is 31.0 Å². The average Bonchev–Trinajstić information content (AvgIpc) is 2.79. The Labute approximate surface area is 113 Å². The van der Waals surface area contributed by atoms with Gasteiger partial charge in [0.2, 0.25) is 0 Å². The summed E-state index contributed by atoms with van der Waals surface area (Å²) in [6.45, 7) is 6.69. The maximum Gasteiger partial charge on any atom is 0.270 e. The number of carbonyl (C=O) groups excluding carboxylic acids is 1. The van der Waals surface area contributed by atoms with Gasteiger partial charge in [-0.1, -0.05) is 32.0 Å². The first-order valence-corrected chi connectivity index (χ1v) is 6.48. The van der Waals surface area contributed by atoms with Crippen LogP contribution in [0.3, 0.4) is 0 Å². The van der Waals surface area contributed by atoms with E-state index < -0.39 is 0 Å². The second kappa shape index (κ2) is 5.69. The summed E-state index contributed by atoms with van der Waals surface area (Å²) in [5, 5.41) is 7.31. The van der Waals surface area contributed by atoms with E-state index in [0.717, 1.165) is 11.4 Å². The van der Waals surface area contributed by atoms with E-state index in [2.05, 4.69) is 24.3 Å². The fraction of sp³-hybridized carbons (Fsp3) is 0.333. The van der Waals surface area contributed by atoms with Gasteiger partial charge in [-0.25, -0.2) is 4.68 Å². The quantitative estimate of drug-likeness (QED) is 0.915. The zero-order valence-corrected chi connectivity index (χ0v) is 11.6. The van der Waals surface area contributed by atoms with Gasteiger partial charge in [0.1, 0.15) is 5.69 Å².